The Hall–Kier alpha value is -3.59. The highest BCUT2D eigenvalue weighted by atomic mass is 16.5. The van der Waals surface area contributed by atoms with E-state index in [0.717, 1.165) is 33.6 Å². The highest BCUT2D eigenvalue weighted by Gasteiger charge is 2.26. The predicted molar refractivity (Wildman–Crippen MR) is 113 cm³/mol. The number of aromatic amines is 1. The molecule has 138 valence electrons. The number of benzene rings is 3. The lowest BCUT2D eigenvalue weighted by molar-refractivity contribution is 0.0602. The van der Waals surface area contributed by atoms with Crippen LogP contribution in [0.15, 0.2) is 84.9 Å². The van der Waals surface area contributed by atoms with Crippen LogP contribution in [0, 0.1) is 6.92 Å². The number of rotatable bonds is 4. The molecule has 4 aromatic rings. The van der Waals surface area contributed by atoms with Crippen LogP contribution in [0.4, 0.5) is 0 Å². The highest BCUT2D eigenvalue weighted by Crippen LogP contribution is 2.40. The van der Waals surface area contributed by atoms with Crippen molar-refractivity contribution in [2.45, 2.75) is 6.92 Å². The number of esters is 1. The number of methoxy groups -OCH3 is 1. The molecule has 0 spiro atoms. The minimum absolute atomic E-state index is 0.354. The van der Waals surface area contributed by atoms with Gasteiger partial charge in [-0.05, 0) is 23.6 Å². The summed E-state index contributed by atoms with van der Waals surface area (Å²) in [6, 6.07) is 28.1. The van der Waals surface area contributed by atoms with E-state index < -0.39 is 0 Å². The summed E-state index contributed by atoms with van der Waals surface area (Å²) < 4.78 is 5.17. The number of hydrogen-bond donors (Lipinski definition) is 1. The van der Waals surface area contributed by atoms with Gasteiger partial charge in [-0.3, -0.25) is 0 Å². The van der Waals surface area contributed by atoms with Crippen molar-refractivity contribution in [1.82, 2.24) is 4.98 Å². The zero-order valence-electron chi connectivity index (χ0n) is 15.9. The first-order valence-electron chi connectivity index (χ1n) is 9.21. The van der Waals surface area contributed by atoms with Gasteiger partial charge in [-0.25, -0.2) is 4.79 Å². The average Bonchev–Trinajstić information content (AvgIpc) is 3.15. The molecule has 0 aliphatic heterocycles. The van der Waals surface area contributed by atoms with E-state index in [1.165, 1.54) is 12.7 Å². The second kappa shape index (κ2) is 7.57. The topological polar surface area (TPSA) is 42.1 Å². The lowest BCUT2D eigenvalue weighted by Crippen LogP contribution is -2.03. The van der Waals surface area contributed by atoms with Crippen LogP contribution in [0.25, 0.3) is 33.6 Å². The summed E-state index contributed by atoms with van der Waals surface area (Å²) in [6.07, 6.45) is 0. The first kappa shape index (κ1) is 17.8. The van der Waals surface area contributed by atoms with Crippen molar-refractivity contribution in [3.63, 3.8) is 0 Å². The summed E-state index contributed by atoms with van der Waals surface area (Å²) in [5.74, 6) is -0.354. The van der Waals surface area contributed by atoms with Crippen LogP contribution in [-0.4, -0.2) is 18.1 Å². The van der Waals surface area contributed by atoms with E-state index in [0.29, 0.717) is 5.56 Å². The Bertz CT molecular complexity index is 1090. The van der Waals surface area contributed by atoms with E-state index in [1.54, 1.807) is 0 Å². The molecule has 0 unspecified atom stereocenters. The van der Waals surface area contributed by atoms with Gasteiger partial charge in [0.05, 0.1) is 24.1 Å². The largest absolute Gasteiger partial charge is 0.465 e. The average molecular weight is 367 g/mol. The van der Waals surface area contributed by atoms with Crippen molar-refractivity contribution >= 4 is 5.97 Å². The molecule has 0 saturated heterocycles. The number of hydrogen-bond acceptors (Lipinski definition) is 2. The van der Waals surface area contributed by atoms with Crippen LogP contribution in [0.1, 0.15) is 15.9 Å². The van der Waals surface area contributed by atoms with Gasteiger partial charge in [-0.2, -0.15) is 0 Å². The molecule has 3 heteroatoms. The van der Waals surface area contributed by atoms with Crippen LogP contribution < -0.4 is 0 Å². The molecule has 1 N–H and O–H groups in total. The maximum Gasteiger partial charge on any atom is 0.340 e. The van der Waals surface area contributed by atoms with Gasteiger partial charge in [0.15, 0.2) is 0 Å². The Balaban J connectivity index is 2.06. The first-order valence-corrected chi connectivity index (χ1v) is 9.21. The number of H-pyrrole nitrogens is 1. The molecule has 0 aliphatic carbocycles. The van der Waals surface area contributed by atoms with Crippen LogP contribution in [0.2, 0.25) is 0 Å². The zero-order chi connectivity index (χ0) is 19.5. The third-order valence-corrected chi connectivity index (χ3v) is 4.85. The van der Waals surface area contributed by atoms with Crippen molar-refractivity contribution in [2.24, 2.45) is 0 Å². The Morgan fingerprint density at radius 2 is 1.25 bits per heavy atom. The molecule has 0 saturated carbocycles. The molecular formula is C25H21NO2. The summed E-state index contributed by atoms with van der Waals surface area (Å²) >= 11 is 0. The SMILES string of the molecule is COC(=O)c1c(-c2ccccc2)[nH]c(-c2ccc(C)cc2)c1-c1ccccc1. The van der Waals surface area contributed by atoms with Gasteiger partial charge in [0, 0.05) is 5.56 Å². The number of aromatic nitrogens is 1. The van der Waals surface area contributed by atoms with Crippen LogP contribution in [0.3, 0.4) is 0 Å². The summed E-state index contributed by atoms with van der Waals surface area (Å²) in [4.78, 5) is 16.4. The van der Waals surface area contributed by atoms with E-state index in [-0.39, 0.29) is 5.97 Å². The molecule has 4 rings (SSSR count). The Morgan fingerprint density at radius 1 is 0.714 bits per heavy atom. The van der Waals surface area contributed by atoms with Gasteiger partial charge in [0.2, 0.25) is 0 Å². The van der Waals surface area contributed by atoms with Crippen LogP contribution >= 0.6 is 0 Å². The van der Waals surface area contributed by atoms with E-state index >= 15 is 0 Å². The quantitative estimate of drug-likeness (QED) is 0.442. The molecule has 1 aromatic heterocycles. The van der Waals surface area contributed by atoms with Gasteiger partial charge in [0.1, 0.15) is 0 Å². The highest BCUT2D eigenvalue weighted by molar-refractivity contribution is 6.07. The second-order valence-electron chi connectivity index (χ2n) is 6.71. The molecular weight excluding hydrogens is 346 g/mol. The van der Waals surface area contributed by atoms with Crippen molar-refractivity contribution < 1.29 is 9.53 Å². The monoisotopic (exact) mass is 367 g/mol. The number of aryl methyl sites for hydroxylation is 1. The van der Waals surface area contributed by atoms with Crippen molar-refractivity contribution in [2.75, 3.05) is 7.11 Å². The summed E-state index contributed by atoms with van der Waals surface area (Å²) in [5, 5.41) is 0. The van der Waals surface area contributed by atoms with Gasteiger partial charge in [-0.1, -0.05) is 90.5 Å². The maximum atomic E-state index is 12.9. The molecule has 0 bridgehead atoms. The number of ether oxygens (including phenoxy) is 1. The Morgan fingerprint density at radius 3 is 1.82 bits per heavy atom. The minimum Gasteiger partial charge on any atom is -0.465 e. The van der Waals surface area contributed by atoms with Crippen molar-refractivity contribution in [3.8, 4) is 33.6 Å². The fraction of sp³-hybridized carbons (Fsp3) is 0.0800. The molecule has 0 amide bonds. The van der Waals surface area contributed by atoms with Gasteiger partial charge >= 0.3 is 5.97 Å². The molecule has 0 radical (unpaired) electrons. The van der Waals surface area contributed by atoms with E-state index in [1.807, 2.05) is 60.7 Å². The molecule has 1 heterocycles. The standard InChI is InChI=1S/C25H21NO2/c1-17-13-15-20(16-14-17)23-21(18-9-5-3-6-10-18)22(25(27)28-2)24(26-23)19-11-7-4-8-12-19/h3-16,26H,1-2H3. The minimum atomic E-state index is -0.354. The fourth-order valence-electron chi connectivity index (χ4n) is 3.46. The molecule has 28 heavy (non-hydrogen) atoms. The van der Waals surface area contributed by atoms with Gasteiger partial charge < -0.3 is 9.72 Å². The van der Waals surface area contributed by atoms with E-state index in [4.69, 9.17) is 4.74 Å². The normalized spacial score (nSPS) is 10.6. The third-order valence-electron chi connectivity index (χ3n) is 4.85. The third kappa shape index (κ3) is 3.23. The lowest BCUT2D eigenvalue weighted by atomic mass is 9.95. The molecule has 0 fully saturated rings. The Kier molecular flexibility index (Phi) is 4.81. The fourth-order valence-corrected chi connectivity index (χ4v) is 3.46. The first-order chi connectivity index (χ1) is 13.7. The molecule has 0 atom stereocenters. The summed E-state index contributed by atoms with van der Waals surface area (Å²) in [7, 11) is 1.42. The van der Waals surface area contributed by atoms with Crippen LogP contribution in [-0.2, 0) is 4.74 Å². The molecule has 3 aromatic carbocycles. The van der Waals surface area contributed by atoms with Crippen molar-refractivity contribution in [1.29, 1.82) is 0 Å². The Labute approximate surface area is 164 Å². The summed E-state index contributed by atoms with van der Waals surface area (Å²) in [5.41, 5.74) is 7.21. The van der Waals surface area contributed by atoms with Gasteiger partial charge in [-0.15, -0.1) is 0 Å². The second-order valence-corrected chi connectivity index (χ2v) is 6.71. The lowest BCUT2D eigenvalue weighted by Gasteiger charge is -2.08. The van der Waals surface area contributed by atoms with Crippen LogP contribution in [0.5, 0.6) is 0 Å². The van der Waals surface area contributed by atoms with E-state index in [2.05, 4.69) is 36.2 Å². The number of carbonyl (C=O) groups is 1. The smallest absolute Gasteiger partial charge is 0.340 e. The van der Waals surface area contributed by atoms with Crippen molar-refractivity contribution in [3.05, 3.63) is 96.1 Å². The number of nitrogens with one attached hydrogen (secondary N) is 1. The molecule has 3 nitrogen and oxygen atoms in total. The van der Waals surface area contributed by atoms with Gasteiger partial charge in [0.25, 0.3) is 0 Å². The predicted octanol–water partition coefficient (Wildman–Crippen LogP) is 6.11. The van der Waals surface area contributed by atoms with E-state index in [9.17, 15) is 4.79 Å². The number of carbonyl (C=O) groups excluding carboxylic acids is 1. The maximum absolute atomic E-state index is 12.9. The summed E-state index contributed by atoms with van der Waals surface area (Å²) in [6.45, 7) is 2.06. The molecule has 0 aliphatic rings. The zero-order valence-corrected chi connectivity index (χ0v) is 15.9.